The van der Waals surface area contributed by atoms with Gasteiger partial charge < -0.3 is 19.1 Å². The molecular weight excluding hydrogens is 402 g/mol. The van der Waals surface area contributed by atoms with Crippen molar-refractivity contribution in [2.24, 2.45) is 0 Å². The summed E-state index contributed by atoms with van der Waals surface area (Å²) in [4.78, 5) is 2.84. The van der Waals surface area contributed by atoms with Crippen LogP contribution < -0.4 is 14.2 Å². The van der Waals surface area contributed by atoms with E-state index in [4.69, 9.17) is 14.2 Å². The van der Waals surface area contributed by atoms with Crippen LogP contribution in [0.1, 0.15) is 37.9 Å². The van der Waals surface area contributed by atoms with E-state index in [1.807, 2.05) is 24.3 Å². The van der Waals surface area contributed by atoms with Crippen molar-refractivity contribution in [1.29, 1.82) is 0 Å². The van der Waals surface area contributed by atoms with Crippen molar-refractivity contribution in [2.45, 2.75) is 42.4 Å². The molecule has 1 fully saturated rings. The summed E-state index contributed by atoms with van der Waals surface area (Å²) >= 11 is 0. The Bertz CT molecular complexity index is 851. The fraction of sp³-hybridized carbons (Fsp3) is 0.478. The quantitative estimate of drug-likeness (QED) is 0.586. The molecule has 0 bridgehead atoms. The zero-order valence-corrected chi connectivity index (χ0v) is 18.4. The first-order chi connectivity index (χ1) is 14.5. The van der Waals surface area contributed by atoms with Gasteiger partial charge in [-0.3, -0.25) is 9.11 Å². The molecule has 2 aromatic carbocycles. The van der Waals surface area contributed by atoms with Crippen LogP contribution in [-0.4, -0.2) is 52.6 Å². The Balaban J connectivity index is 1.42. The molecule has 2 aliphatic heterocycles. The van der Waals surface area contributed by atoms with E-state index in [0.29, 0.717) is 23.0 Å². The molecule has 2 aliphatic rings. The maximum Gasteiger partial charge on any atom is 0.147 e. The van der Waals surface area contributed by atoms with Gasteiger partial charge in [0.15, 0.2) is 0 Å². The Kier molecular flexibility index (Phi) is 6.43. The summed E-state index contributed by atoms with van der Waals surface area (Å²) in [6.07, 6.45) is 3.18. The first-order valence-corrected chi connectivity index (χ1v) is 12.2. The highest BCUT2D eigenvalue weighted by Gasteiger charge is 2.42. The second kappa shape index (κ2) is 9.06. The van der Waals surface area contributed by atoms with Crippen LogP contribution in [0.5, 0.6) is 17.2 Å². The average molecular weight is 434 g/mol. The van der Waals surface area contributed by atoms with Gasteiger partial charge in [-0.15, -0.1) is 0 Å². The Hall–Kier alpha value is -1.93. The van der Waals surface area contributed by atoms with Crippen LogP contribution in [0.3, 0.4) is 0 Å². The van der Waals surface area contributed by atoms with Crippen molar-refractivity contribution < 1.29 is 23.3 Å². The molecule has 2 atom stereocenters. The molecule has 164 valence electrons. The van der Waals surface area contributed by atoms with Crippen LogP contribution in [0.2, 0.25) is 0 Å². The highest BCUT2D eigenvalue weighted by atomic mass is 32.3. The van der Waals surface area contributed by atoms with Gasteiger partial charge >= 0.3 is 0 Å². The van der Waals surface area contributed by atoms with E-state index >= 15 is 0 Å². The minimum absolute atomic E-state index is 0.356. The summed E-state index contributed by atoms with van der Waals surface area (Å²) in [5.41, 5.74) is 0.889. The van der Waals surface area contributed by atoms with Gasteiger partial charge in [-0.25, -0.2) is 0 Å². The number of fused-ring (bicyclic) bond motifs is 1. The molecular formula is C23H31NO5S. The zero-order valence-electron chi connectivity index (χ0n) is 17.6. The lowest BCUT2D eigenvalue weighted by atomic mass is 10.1. The van der Waals surface area contributed by atoms with Crippen LogP contribution >= 0.6 is 10.6 Å². The van der Waals surface area contributed by atoms with E-state index < -0.39 is 21.9 Å². The predicted octanol–water partition coefficient (Wildman–Crippen LogP) is 5.19. The first-order valence-electron chi connectivity index (χ1n) is 10.6. The van der Waals surface area contributed by atoms with E-state index in [2.05, 4.69) is 4.90 Å². The molecule has 2 N–H and O–H groups in total. The normalized spacial score (nSPS) is 24.0. The molecule has 0 aromatic heterocycles. The van der Waals surface area contributed by atoms with Crippen LogP contribution in [0.15, 0.2) is 47.4 Å². The molecule has 7 heteroatoms. The summed E-state index contributed by atoms with van der Waals surface area (Å²) in [5, 5.41) is -0.506. The third-order valence-electron chi connectivity index (χ3n) is 5.96. The number of methoxy groups -OCH3 is 1. The van der Waals surface area contributed by atoms with Crippen LogP contribution in [0.4, 0.5) is 0 Å². The summed E-state index contributed by atoms with van der Waals surface area (Å²) in [7, 11) is -1.56. The molecule has 0 spiro atoms. The Morgan fingerprint density at radius 3 is 2.53 bits per heavy atom. The Labute approximate surface area is 180 Å². The number of hydrogen-bond acceptors (Lipinski definition) is 6. The van der Waals surface area contributed by atoms with Crippen molar-refractivity contribution in [3.63, 3.8) is 0 Å². The van der Waals surface area contributed by atoms with Gasteiger partial charge in [0, 0.05) is 6.54 Å². The zero-order chi connectivity index (χ0) is 21.1. The summed E-state index contributed by atoms with van der Waals surface area (Å²) < 4.78 is 39.4. The van der Waals surface area contributed by atoms with Crippen molar-refractivity contribution >= 4 is 10.6 Å². The van der Waals surface area contributed by atoms with Crippen LogP contribution in [0.25, 0.3) is 0 Å². The smallest absolute Gasteiger partial charge is 0.147 e. The fourth-order valence-corrected chi connectivity index (χ4v) is 6.00. The number of likely N-dealkylation sites (tertiary alicyclic amines) is 1. The van der Waals surface area contributed by atoms with Gasteiger partial charge in [-0.05, 0) is 69.1 Å². The predicted molar refractivity (Wildman–Crippen MR) is 119 cm³/mol. The van der Waals surface area contributed by atoms with Gasteiger partial charge in [0.25, 0.3) is 0 Å². The molecule has 1 saturated heterocycles. The highest BCUT2D eigenvalue weighted by Crippen LogP contribution is 2.65. The molecule has 2 unspecified atom stereocenters. The monoisotopic (exact) mass is 433 g/mol. The van der Waals surface area contributed by atoms with E-state index in [9.17, 15) is 9.11 Å². The van der Waals surface area contributed by atoms with Gasteiger partial charge in [-0.1, -0.05) is 18.2 Å². The topological polar surface area (TPSA) is 71.4 Å². The van der Waals surface area contributed by atoms with Crippen molar-refractivity contribution in [2.75, 3.05) is 33.4 Å². The summed E-state index contributed by atoms with van der Waals surface area (Å²) in [6.45, 7) is 6.01. The summed E-state index contributed by atoms with van der Waals surface area (Å²) in [5.74, 6) is 1.72. The SMILES string of the molecule is COc1cccc2c1S(O)(O)C(C)C(c1ccc(OCCCN3CCCC3)cc1)O2. The number of nitrogens with zero attached hydrogens (tertiary/aromatic N) is 1. The van der Waals surface area contributed by atoms with Crippen LogP contribution in [0, 0.1) is 0 Å². The maximum absolute atomic E-state index is 11.0. The number of benzene rings is 2. The van der Waals surface area contributed by atoms with Gasteiger partial charge in [-0.2, -0.15) is 10.6 Å². The van der Waals surface area contributed by atoms with Crippen molar-refractivity contribution in [3.05, 3.63) is 48.0 Å². The largest absolute Gasteiger partial charge is 0.495 e. The minimum atomic E-state index is -3.08. The molecule has 0 amide bonds. The second-order valence-electron chi connectivity index (χ2n) is 7.94. The van der Waals surface area contributed by atoms with Gasteiger partial charge in [0.2, 0.25) is 0 Å². The van der Waals surface area contributed by atoms with Crippen molar-refractivity contribution in [1.82, 2.24) is 4.90 Å². The lowest BCUT2D eigenvalue weighted by Gasteiger charge is -2.47. The third kappa shape index (κ3) is 4.25. The van der Waals surface area contributed by atoms with Gasteiger partial charge in [0.1, 0.15) is 28.2 Å². The van der Waals surface area contributed by atoms with Gasteiger partial charge in [0.05, 0.1) is 19.0 Å². The number of rotatable bonds is 7. The maximum atomic E-state index is 11.0. The molecule has 0 aliphatic carbocycles. The fourth-order valence-electron chi connectivity index (χ4n) is 4.21. The van der Waals surface area contributed by atoms with Crippen LogP contribution in [-0.2, 0) is 0 Å². The Morgan fingerprint density at radius 1 is 1.10 bits per heavy atom. The average Bonchev–Trinajstić information content (AvgIpc) is 3.27. The van der Waals surface area contributed by atoms with E-state index in [-0.39, 0.29) is 0 Å². The Morgan fingerprint density at radius 2 is 1.83 bits per heavy atom. The molecule has 2 aromatic rings. The first kappa shape index (κ1) is 21.3. The second-order valence-corrected chi connectivity index (χ2v) is 10.3. The molecule has 2 heterocycles. The van der Waals surface area contributed by atoms with E-state index in [1.165, 1.54) is 33.0 Å². The van der Waals surface area contributed by atoms with E-state index in [1.54, 1.807) is 25.1 Å². The molecule has 4 rings (SSSR count). The number of ether oxygens (including phenoxy) is 3. The molecule has 30 heavy (non-hydrogen) atoms. The highest BCUT2D eigenvalue weighted by molar-refractivity contribution is 8.25. The van der Waals surface area contributed by atoms with Crippen molar-refractivity contribution in [3.8, 4) is 17.2 Å². The lowest BCUT2D eigenvalue weighted by Crippen LogP contribution is -2.31. The third-order valence-corrected chi connectivity index (χ3v) is 8.24. The standard InChI is InChI=1S/C23H31NO5S/c1-17-22(29-21-8-5-7-20(27-2)23(21)30(17,25)26)18-9-11-19(12-10-18)28-16-6-15-24-13-3-4-14-24/h5,7-12,17,22,25-26H,3-4,6,13-16H2,1-2H3. The minimum Gasteiger partial charge on any atom is -0.495 e. The number of hydrogen-bond donors (Lipinski definition) is 2. The molecule has 6 nitrogen and oxygen atoms in total. The summed E-state index contributed by atoms with van der Waals surface area (Å²) in [6, 6.07) is 13.0. The van der Waals surface area contributed by atoms with E-state index in [0.717, 1.165) is 24.3 Å². The molecule has 0 saturated carbocycles. The molecule has 0 radical (unpaired) electrons. The lowest BCUT2D eigenvalue weighted by molar-refractivity contribution is 0.178.